The smallest absolute Gasteiger partial charge is 0.0627 e. The molecule has 1 atom stereocenters. The second-order valence-corrected chi connectivity index (χ2v) is 6.22. The molecule has 0 radical (unpaired) electrons. The fourth-order valence-electron chi connectivity index (χ4n) is 1.69. The highest BCUT2D eigenvalue weighted by Crippen LogP contribution is 2.26. The summed E-state index contributed by atoms with van der Waals surface area (Å²) in [5, 5.41) is 15.5. The van der Waals surface area contributed by atoms with E-state index in [1.54, 1.807) is 11.3 Å². The predicted octanol–water partition coefficient (Wildman–Crippen LogP) is 3.99. The molecular weight excluding hydrogens is 334 g/mol. The third-order valence-corrected chi connectivity index (χ3v) is 4.32. The molecule has 1 unspecified atom stereocenters. The molecule has 0 bridgehead atoms. The van der Waals surface area contributed by atoms with Crippen LogP contribution in [0.1, 0.15) is 16.5 Å². The van der Waals surface area contributed by atoms with Crippen molar-refractivity contribution in [1.29, 1.82) is 0 Å². The number of nitrogens with one attached hydrogen (secondary N) is 1. The van der Waals surface area contributed by atoms with Gasteiger partial charge in [0.15, 0.2) is 0 Å². The van der Waals surface area contributed by atoms with E-state index in [0.29, 0.717) is 5.02 Å². The minimum atomic E-state index is -0.146. The standard InChI is InChI=1S/C13H13BrClNOS/c14-9-3-4-11(12(15)6-9)13(8-17)16-7-10-2-1-5-18-10/h1-6,13,16-17H,7-8H2. The normalized spacial score (nSPS) is 12.6. The Morgan fingerprint density at radius 1 is 1.39 bits per heavy atom. The van der Waals surface area contributed by atoms with Gasteiger partial charge in [0.05, 0.1) is 12.6 Å². The molecule has 0 aliphatic heterocycles. The van der Waals surface area contributed by atoms with Crippen molar-refractivity contribution in [1.82, 2.24) is 5.32 Å². The zero-order valence-electron chi connectivity index (χ0n) is 9.57. The zero-order valence-corrected chi connectivity index (χ0v) is 12.7. The molecule has 0 amide bonds. The quantitative estimate of drug-likeness (QED) is 0.858. The van der Waals surface area contributed by atoms with Crippen LogP contribution in [0, 0.1) is 0 Å². The van der Waals surface area contributed by atoms with Crippen LogP contribution >= 0.6 is 38.9 Å². The summed E-state index contributed by atoms with van der Waals surface area (Å²) in [6, 6.07) is 9.63. The summed E-state index contributed by atoms with van der Waals surface area (Å²) in [7, 11) is 0. The van der Waals surface area contributed by atoms with Crippen molar-refractivity contribution >= 4 is 38.9 Å². The van der Waals surface area contributed by atoms with Crippen molar-refractivity contribution in [3.8, 4) is 0 Å². The monoisotopic (exact) mass is 345 g/mol. The molecule has 0 fully saturated rings. The molecule has 0 aliphatic rings. The van der Waals surface area contributed by atoms with E-state index >= 15 is 0 Å². The van der Waals surface area contributed by atoms with E-state index in [9.17, 15) is 5.11 Å². The second kappa shape index (κ2) is 6.68. The minimum Gasteiger partial charge on any atom is -0.394 e. The van der Waals surface area contributed by atoms with Gasteiger partial charge in [0.1, 0.15) is 0 Å². The minimum absolute atomic E-state index is 0.0206. The van der Waals surface area contributed by atoms with Crippen molar-refractivity contribution in [2.75, 3.05) is 6.61 Å². The van der Waals surface area contributed by atoms with Crippen LogP contribution in [0.25, 0.3) is 0 Å². The molecular formula is C13H13BrClNOS. The first-order chi connectivity index (χ1) is 8.70. The Labute approximate surface area is 124 Å². The van der Waals surface area contributed by atoms with Gasteiger partial charge in [0, 0.05) is 20.9 Å². The molecule has 0 aliphatic carbocycles. The fourth-order valence-corrected chi connectivity index (χ4v) is 3.15. The molecule has 18 heavy (non-hydrogen) atoms. The van der Waals surface area contributed by atoms with Gasteiger partial charge in [-0.3, -0.25) is 0 Å². The Hall–Kier alpha value is -0.390. The summed E-state index contributed by atoms with van der Waals surface area (Å²) in [6.07, 6.45) is 0. The summed E-state index contributed by atoms with van der Waals surface area (Å²) in [5.74, 6) is 0. The van der Waals surface area contributed by atoms with Crippen LogP contribution < -0.4 is 5.32 Å². The lowest BCUT2D eigenvalue weighted by atomic mass is 10.1. The lowest BCUT2D eigenvalue weighted by Gasteiger charge is -2.17. The summed E-state index contributed by atoms with van der Waals surface area (Å²) in [4.78, 5) is 1.24. The third kappa shape index (κ3) is 3.56. The van der Waals surface area contributed by atoms with E-state index in [0.717, 1.165) is 16.6 Å². The molecule has 1 aromatic carbocycles. The van der Waals surface area contributed by atoms with Gasteiger partial charge in [-0.25, -0.2) is 0 Å². The highest BCUT2D eigenvalue weighted by molar-refractivity contribution is 9.10. The molecule has 0 spiro atoms. The lowest BCUT2D eigenvalue weighted by Crippen LogP contribution is -2.23. The molecule has 0 saturated heterocycles. The maximum absolute atomic E-state index is 9.47. The maximum Gasteiger partial charge on any atom is 0.0627 e. The van der Waals surface area contributed by atoms with Gasteiger partial charge in [-0.15, -0.1) is 11.3 Å². The Kier molecular flexibility index (Phi) is 5.21. The number of aliphatic hydroxyl groups excluding tert-OH is 1. The van der Waals surface area contributed by atoms with Crippen LogP contribution in [0.3, 0.4) is 0 Å². The molecule has 2 N–H and O–H groups in total. The van der Waals surface area contributed by atoms with Crippen LogP contribution in [-0.4, -0.2) is 11.7 Å². The van der Waals surface area contributed by atoms with E-state index in [2.05, 4.69) is 27.3 Å². The molecule has 2 nitrogen and oxygen atoms in total. The van der Waals surface area contributed by atoms with Crippen LogP contribution in [-0.2, 0) is 6.54 Å². The van der Waals surface area contributed by atoms with Gasteiger partial charge in [-0.2, -0.15) is 0 Å². The summed E-state index contributed by atoms with van der Waals surface area (Å²) in [5.41, 5.74) is 0.916. The Morgan fingerprint density at radius 3 is 2.83 bits per heavy atom. The molecule has 1 heterocycles. The second-order valence-electron chi connectivity index (χ2n) is 3.86. The van der Waals surface area contributed by atoms with Gasteiger partial charge < -0.3 is 10.4 Å². The van der Waals surface area contributed by atoms with E-state index in [4.69, 9.17) is 11.6 Å². The zero-order chi connectivity index (χ0) is 13.0. The summed E-state index contributed by atoms with van der Waals surface area (Å²) < 4.78 is 0.936. The largest absolute Gasteiger partial charge is 0.394 e. The van der Waals surface area contributed by atoms with Crippen LogP contribution in [0.2, 0.25) is 5.02 Å². The van der Waals surface area contributed by atoms with Crippen molar-refractivity contribution in [2.45, 2.75) is 12.6 Å². The third-order valence-electron chi connectivity index (χ3n) is 2.62. The highest BCUT2D eigenvalue weighted by Gasteiger charge is 2.13. The van der Waals surface area contributed by atoms with Gasteiger partial charge >= 0.3 is 0 Å². The van der Waals surface area contributed by atoms with Crippen LogP contribution in [0.15, 0.2) is 40.2 Å². The van der Waals surface area contributed by atoms with E-state index in [1.807, 2.05) is 29.6 Å². The van der Waals surface area contributed by atoms with Crippen LogP contribution in [0.5, 0.6) is 0 Å². The Bertz CT molecular complexity index is 504. The van der Waals surface area contributed by atoms with Gasteiger partial charge in [-0.05, 0) is 29.1 Å². The van der Waals surface area contributed by atoms with E-state index in [1.165, 1.54) is 4.88 Å². The molecule has 5 heteroatoms. The maximum atomic E-state index is 9.47. The molecule has 2 rings (SSSR count). The molecule has 96 valence electrons. The number of halogens is 2. The first-order valence-corrected chi connectivity index (χ1v) is 7.57. The Morgan fingerprint density at radius 2 is 2.22 bits per heavy atom. The highest BCUT2D eigenvalue weighted by atomic mass is 79.9. The molecule has 0 saturated carbocycles. The fraction of sp³-hybridized carbons (Fsp3) is 0.231. The van der Waals surface area contributed by atoms with Gasteiger partial charge in [-0.1, -0.05) is 39.7 Å². The molecule has 2 aromatic rings. The lowest BCUT2D eigenvalue weighted by molar-refractivity contribution is 0.244. The number of rotatable bonds is 5. The van der Waals surface area contributed by atoms with Gasteiger partial charge in [0.25, 0.3) is 0 Å². The molecule has 1 aromatic heterocycles. The first kappa shape index (κ1) is 14.0. The first-order valence-electron chi connectivity index (χ1n) is 5.52. The summed E-state index contributed by atoms with van der Waals surface area (Å²) in [6.45, 7) is 0.752. The van der Waals surface area contributed by atoms with Crippen molar-refractivity contribution in [3.63, 3.8) is 0 Å². The van der Waals surface area contributed by atoms with Crippen molar-refractivity contribution < 1.29 is 5.11 Å². The van der Waals surface area contributed by atoms with Crippen molar-refractivity contribution in [3.05, 3.63) is 55.6 Å². The number of aliphatic hydroxyl groups is 1. The van der Waals surface area contributed by atoms with Crippen molar-refractivity contribution in [2.24, 2.45) is 0 Å². The average Bonchev–Trinajstić information content (AvgIpc) is 2.85. The topological polar surface area (TPSA) is 32.3 Å². The SMILES string of the molecule is OCC(NCc1cccs1)c1ccc(Br)cc1Cl. The Balaban J connectivity index is 2.08. The number of benzene rings is 1. The number of thiophene rings is 1. The predicted molar refractivity (Wildman–Crippen MR) is 80.1 cm³/mol. The summed E-state index contributed by atoms with van der Waals surface area (Å²) >= 11 is 11.2. The number of hydrogen-bond donors (Lipinski definition) is 2. The average molecular weight is 347 g/mol. The number of hydrogen-bond acceptors (Lipinski definition) is 3. The van der Waals surface area contributed by atoms with Gasteiger partial charge in [0.2, 0.25) is 0 Å². The van der Waals surface area contributed by atoms with E-state index in [-0.39, 0.29) is 12.6 Å². The van der Waals surface area contributed by atoms with E-state index < -0.39 is 0 Å². The van der Waals surface area contributed by atoms with Crippen LogP contribution in [0.4, 0.5) is 0 Å².